The zero-order valence-corrected chi connectivity index (χ0v) is 16.6. The van der Waals surface area contributed by atoms with E-state index in [-0.39, 0.29) is 29.3 Å². The predicted molar refractivity (Wildman–Crippen MR) is 114 cm³/mol. The molecule has 0 bridgehead atoms. The average molecular weight is 414 g/mol. The van der Waals surface area contributed by atoms with E-state index in [0.29, 0.717) is 28.2 Å². The molecule has 6 heteroatoms. The van der Waals surface area contributed by atoms with Crippen molar-refractivity contribution in [2.24, 2.45) is 0 Å². The van der Waals surface area contributed by atoms with Crippen molar-refractivity contribution < 1.29 is 29.0 Å². The summed E-state index contributed by atoms with van der Waals surface area (Å²) in [6.45, 7) is 0.151. The molecular weight excluding hydrogens is 396 g/mol. The summed E-state index contributed by atoms with van der Waals surface area (Å²) in [6.07, 6.45) is 1.52. The van der Waals surface area contributed by atoms with Gasteiger partial charge in [-0.15, -0.1) is 0 Å². The van der Waals surface area contributed by atoms with Crippen molar-refractivity contribution in [3.05, 3.63) is 100 Å². The molecule has 4 rings (SSSR count). The van der Waals surface area contributed by atoms with Gasteiger partial charge in [0.05, 0.1) is 18.2 Å². The molecule has 3 aromatic carbocycles. The maximum Gasteiger partial charge on any atom is 0.335 e. The Labute approximate surface area is 178 Å². The lowest BCUT2D eigenvalue weighted by Crippen LogP contribution is -2.03. The maximum absolute atomic E-state index is 12.7. The van der Waals surface area contributed by atoms with Gasteiger partial charge in [-0.05, 0) is 29.8 Å². The number of carboxylic acids is 1. The minimum atomic E-state index is -1.00. The van der Waals surface area contributed by atoms with E-state index in [0.717, 1.165) is 5.56 Å². The van der Waals surface area contributed by atoms with E-state index in [9.17, 15) is 14.4 Å². The summed E-state index contributed by atoms with van der Waals surface area (Å²) in [6, 6.07) is 18.3. The first kappa shape index (κ1) is 20.1. The Bertz CT molecular complexity index is 1180. The van der Waals surface area contributed by atoms with Crippen molar-refractivity contribution in [2.75, 3.05) is 7.11 Å². The molecule has 0 radical (unpaired) electrons. The lowest BCUT2D eigenvalue weighted by molar-refractivity contribution is 0.0696. The number of carbonyl (C=O) groups excluding carboxylic acids is 2. The van der Waals surface area contributed by atoms with Gasteiger partial charge in [0.25, 0.3) is 0 Å². The van der Waals surface area contributed by atoms with Crippen molar-refractivity contribution in [1.82, 2.24) is 0 Å². The van der Waals surface area contributed by atoms with Crippen molar-refractivity contribution in [3.63, 3.8) is 0 Å². The molecule has 0 atom stereocenters. The smallest absolute Gasteiger partial charge is 0.335 e. The molecule has 0 aliphatic heterocycles. The summed E-state index contributed by atoms with van der Waals surface area (Å²) in [5.41, 5.74) is 2.33. The number of para-hydroxylation sites is 1. The van der Waals surface area contributed by atoms with Crippen LogP contribution in [-0.2, 0) is 6.61 Å². The minimum absolute atomic E-state index is 0.0742. The van der Waals surface area contributed by atoms with Gasteiger partial charge in [0, 0.05) is 16.7 Å². The maximum atomic E-state index is 12.7. The number of methoxy groups -OCH3 is 1. The normalized spacial score (nSPS) is 12.5. The number of Topliss-reactive ketones (excluding diaryl/α,β-unsaturated/α-hetero) is 2. The second-order valence-corrected chi connectivity index (χ2v) is 6.93. The van der Waals surface area contributed by atoms with Crippen molar-refractivity contribution >= 4 is 23.6 Å². The molecular formula is C25H18O6. The highest BCUT2D eigenvalue weighted by molar-refractivity contribution is 6.41. The van der Waals surface area contributed by atoms with Crippen LogP contribution in [0, 0.1) is 0 Å². The summed E-state index contributed by atoms with van der Waals surface area (Å²) in [5, 5.41) is 9.02. The first-order valence-electron chi connectivity index (χ1n) is 9.51. The van der Waals surface area contributed by atoms with E-state index in [1.165, 1.54) is 25.3 Å². The number of carbonyl (C=O) groups is 3. The van der Waals surface area contributed by atoms with E-state index < -0.39 is 5.97 Å². The second kappa shape index (κ2) is 8.28. The Balaban J connectivity index is 1.66. The van der Waals surface area contributed by atoms with Gasteiger partial charge in [0.1, 0.15) is 6.61 Å². The zero-order chi connectivity index (χ0) is 22.0. The fourth-order valence-electron chi connectivity index (χ4n) is 3.42. The second-order valence-electron chi connectivity index (χ2n) is 6.93. The number of fused-ring (bicyclic) bond motifs is 1. The summed E-state index contributed by atoms with van der Waals surface area (Å²) in [5.74, 6) is -0.807. The molecule has 1 aliphatic rings. The first-order chi connectivity index (χ1) is 15.0. The topological polar surface area (TPSA) is 89.9 Å². The van der Waals surface area contributed by atoms with E-state index >= 15 is 0 Å². The first-order valence-corrected chi connectivity index (χ1v) is 9.51. The molecule has 0 amide bonds. The van der Waals surface area contributed by atoms with Crippen molar-refractivity contribution in [3.8, 4) is 11.5 Å². The zero-order valence-electron chi connectivity index (χ0n) is 16.6. The lowest BCUT2D eigenvalue weighted by Gasteiger charge is -2.14. The van der Waals surface area contributed by atoms with Gasteiger partial charge in [-0.25, -0.2) is 4.79 Å². The number of carboxylic acid groups (broad SMARTS) is 1. The molecule has 0 saturated heterocycles. The summed E-state index contributed by atoms with van der Waals surface area (Å²) >= 11 is 0. The van der Waals surface area contributed by atoms with Gasteiger partial charge in [0.2, 0.25) is 0 Å². The van der Waals surface area contributed by atoms with E-state index in [2.05, 4.69) is 0 Å². The fraction of sp³-hybridized carbons (Fsp3) is 0.0800. The molecule has 0 saturated carbocycles. The summed E-state index contributed by atoms with van der Waals surface area (Å²) in [7, 11) is 1.50. The van der Waals surface area contributed by atoms with Gasteiger partial charge in [0.15, 0.2) is 23.1 Å². The van der Waals surface area contributed by atoms with Crippen molar-refractivity contribution in [2.45, 2.75) is 6.61 Å². The lowest BCUT2D eigenvalue weighted by atomic mass is 10.1. The molecule has 1 N–H and O–H groups in total. The Hall–Kier alpha value is -4.19. The van der Waals surface area contributed by atoms with Crippen LogP contribution < -0.4 is 9.47 Å². The predicted octanol–water partition coefficient (Wildman–Crippen LogP) is 4.44. The Kier molecular flexibility index (Phi) is 5.37. The molecule has 154 valence electrons. The molecule has 1 aliphatic carbocycles. The molecule has 0 aromatic heterocycles. The number of rotatable bonds is 6. The number of benzene rings is 3. The molecule has 3 aromatic rings. The molecule has 0 unspecified atom stereocenters. The van der Waals surface area contributed by atoms with Crippen LogP contribution in [0.25, 0.3) is 6.08 Å². The molecule has 0 spiro atoms. The van der Waals surface area contributed by atoms with Crippen LogP contribution >= 0.6 is 0 Å². The minimum Gasteiger partial charge on any atom is -0.493 e. The quantitative estimate of drug-likeness (QED) is 0.474. The van der Waals surface area contributed by atoms with E-state index in [1.807, 2.05) is 0 Å². The largest absolute Gasteiger partial charge is 0.493 e. The number of aromatic carboxylic acids is 1. The number of ether oxygens (including phenoxy) is 2. The third-order valence-corrected chi connectivity index (χ3v) is 5.02. The van der Waals surface area contributed by atoms with E-state index in [4.69, 9.17) is 14.6 Å². The SMILES string of the molecule is COc1cccc(C=C2C(=O)c3ccccc3C2=O)c1OCc1ccc(C(=O)O)cc1. The summed E-state index contributed by atoms with van der Waals surface area (Å²) < 4.78 is 11.4. The van der Waals surface area contributed by atoms with Crippen molar-refractivity contribution in [1.29, 1.82) is 0 Å². The third kappa shape index (κ3) is 3.83. The van der Waals surface area contributed by atoms with Crippen LogP contribution in [0.2, 0.25) is 0 Å². The van der Waals surface area contributed by atoms with Gasteiger partial charge in [-0.1, -0.05) is 48.5 Å². The van der Waals surface area contributed by atoms with E-state index in [1.54, 1.807) is 54.6 Å². The highest BCUT2D eigenvalue weighted by Crippen LogP contribution is 2.35. The third-order valence-electron chi connectivity index (χ3n) is 5.02. The molecule has 31 heavy (non-hydrogen) atoms. The average Bonchev–Trinajstić information content (AvgIpc) is 3.03. The van der Waals surface area contributed by atoms with Crippen LogP contribution in [0.1, 0.15) is 42.2 Å². The Morgan fingerprint density at radius 2 is 1.55 bits per heavy atom. The Morgan fingerprint density at radius 3 is 2.13 bits per heavy atom. The standard InChI is InChI=1S/C25H18O6/c1-30-21-8-4-5-17(13-20-22(26)18-6-2-3-7-19(18)23(20)27)24(21)31-14-15-9-11-16(12-10-15)25(28)29/h2-13H,14H2,1H3,(H,28,29). The number of ketones is 2. The molecule has 0 heterocycles. The number of allylic oxidation sites excluding steroid dienone is 1. The van der Waals surface area contributed by atoms with Gasteiger partial charge in [-0.3, -0.25) is 9.59 Å². The highest BCUT2D eigenvalue weighted by Gasteiger charge is 2.32. The fourth-order valence-corrected chi connectivity index (χ4v) is 3.42. The van der Waals surface area contributed by atoms with Crippen LogP contribution in [0.4, 0.5) is 0 Å². The van der Waals surface area contributed by atoms with Crippen LogP contribution in [-0.4, -0.2) is 29.8 Å². The summed E-state index contributed by atoms with van der Waals surface area (Å²) in [4.78, 5) is 36.5. The highest BCUT2D eigenvalue weighted by atomic mass is 16.5. The Morgan fingerprint density at radius 1 is 0.903 bits per heavy atom. The van der Waals surface area contributed by atoms with Gasteiger partial charge >= 0.3 is 5.97 Å². The number of hydrogen-bond acceptors (Lipinski definition) is 5. The van der Waals surface area contributed by atoms with Gasteiger partial charge < -0.3 is 14.6 Å². The number of hydrogen-bond donors (Lipinski definition) is 1. The van der Waals surface area contributed by atoms with Gasteiger partial charge in [-0.2, -0.15) is 0 Å². The molecule has 6 nitrogen and oxygen atoms in total. The monoisotopic (exact) mass is 414 g/mol. The van der Waals surface area contributed by atoms with Crippen LogP contribution in [0.15, 0.2) is 72.3 Å². The van der Waals surface area contributed by atoms with Crippen LogP contribution in [0.5, 0.6) is 11.5 Å². The molecule has 0 fully saturated rings. The van der Waals surface area contributed by atoms with Crippen LogP contribution in [0.3, 0.4) is 0 Å².